The van der Waals surface area contributed by atoms with Crippen LogP contribution in [0.3, 0.4) is 0 Å². The Morgan fingerprint density at radius 3 is 2.88 bits per heavy atom. The van der Waals surface area contributed by atoms with Gasteiger partial charge in [0.2, 0.25) is 5.91 Å². The molecule has 0 radical (unpaired) electrons. The van der Waals surface area contributed by atoms with E-state index in [0.717, 1.165) is 37.9 Å². The minimum Gasteiger partial charge on any atom is -0.330 e. The van der Waals surface area contributed by atoms with E-state index >= 15 is 0 Å². The first-order valence-electron chi connectivity index (χ1n) is 6.33. The van der Waals surface area contributed by atoms with Crippen molar-refractivity contribution >= 4 is 11.6 Å². The molecule has 0 aromatic heterocycles. The third kappa shape index (κ3) is 2.86. The van der Waals surface area contributed by atoms with E-state index in [2.05, 4.69) is 24.4 Å². The van der Waals surface area contributed by atoms with Gasteiger partial charge >= 0.3 is 0 Å². The van der Waals surface area contributed by atoms with E-state index in [9.17, 15) is 4.79 Å². The highest BCUT2D eigenvalue weighted by Crippen LogP contribution is 2.29. The molecule has 0 atom stereocenters. The normalized spacial score (nSPS) is 14.4. The number of amides is 1. The fourth-order valence-electron chi connectivity index (χ4n) is 2.41. The Bertz CT molecular complexity index is 426. The molecule has 92 valence electrons. The molecule has 1 aliphatic heterocycles. The Balaban J connectivity index is 2.24. The third-order valence-corrected chi connectivity index (χ3v) is 3.23. The Morgan fingerprint density at radius 1 is 1.29 bits per heavy atom. The van der Waals surface area contributed by atoms with Crippen molar-refractivity contribution in [1.29, 1.82) is 0 Å². The zero-order chi connectivity index (χ0) is 12.3. The van der Waals surface area contributed by atoms with Crippen molar-refractivity contribution in [3.63, 3.8) is 0 Å². The summed E-state index contributed by atoms with van der Waals surface area (Å²) in [6.45, 7) is 2.85. The number of aryl methyl sites for hydroxylation is 3. The van der Waals surface area contributed by atoms with Crippen LogP contribution in [-0.2, 0) is 17.6 Å². The summed E-state index contributed by atoms with van der Waals surface area (Å²) in [6.07, 6.45) is 4.60. The minimum absolute atomic E-state index is 0.140. The van der Waals surface area contributed by atoms with Gasteiger partial charge in [0.05, 0.1) is 0 Å². The van der Waals surface area contributed by atoms with Crippen molar-refractivity contribution in [3.8, 4) is 0 Å². The fourth-order valence-corrected chi connectivity index (χ4v) is 2.41. The summed E-state index contributed by atoms with van der Waals surface area (Å²) >= 11 is 0. The largest absolute Gasteiger partial charge is 0.330 e. The zero-order valence-corrected chi connectivity index (χ0v) is 10.4. The summed E-state index contributed by atoms with van der Waals surface area (Å²) in [6, 6.07) is 4.36. The molecule has 0 spiro atoms. The molecule has 2 rings (SSSR count). The lowest BCUT2D eigenvalue weighted by molar-refractivity contribution is -0.116. The number of hydrogen-bond donors (Lipinski definition) is 2. The van der Waals surface area contributed by atoms with Gasteiger partial charge in [-0.2, -0.15) is 0 Å². The van der Waals surface area contributed by atoms with E-state index in [1.807, 2.05) is 0 Å². The van der Waals surface area contributed by atoms with Crippen molar-refractivity contribution < 1.29 is 4.79 Å². The number of anilines is 1. The smallest absolute Gasteiger partial charge is 0.224 e. The molecule has 1 aromatic rings. The fraction of sp³-hybridized carbons (Fsp3) is 0.500. The first-order valence-corrected chi connectivity index (χ1v) is 6.33. The van der Waals surface area contributed by atoms with Gasteiger partial charge in [-0.05, 0) is 50.3 Å². The number of benzene rings is 1. The van der Waals surface area contributed by atoms with E-state index in [4.69, 9.17) is 5.73 Å². The highest BCUT2D eigenvalue weighted by Gasteiger charge is 2.17. The van der Waals surface area contributed by atoms with E-state index in [1.54, 1.807) is 0 Å². The molecule has 17 heavy (non-hydrogen) atoms. The van der Waals surface area contributed by atoms with Crippen LogP contribution in [0.15, 0.2) is 12.1 Å². The van der Waals surface area contributed by atoms with Crippen LogP contribution in [0, 0.1) is 6.92 Å². The average molecular weight is 232 g/mol. The predicted molar refractivity (Wildman–Crippen MR) is 70.1 cm³/mol. The molecule has 0 bridgehead atoms. The summed E-state index contributed by atoms with van der Waals surface area (Å²) in [7, 11) is 0. The summed E-state index contributed by atoms with van der Waals surface area (Å²) in [5.74, 6) is 0.140. The molecule has 0 aliphatic carbocycles. The molecule has 3 heteroatoms. The Kier molecular flexibility index (Phi) is 3.79. The van der Waals surface area contributed by atoms with Gasteiger partial charge in [-0.25, -0.2) is 0 Å². The summed E-state index contributed by atoms with van der Waals surface area (Å²) < 4.78 is 0. The summed E-state index contributed by atoms with van der Waals surface area (Å²) in [5, 5.41) is 3.01. The van der Waals surface area contributed by atoms with Gasteiger partial charge in [-0.3, -0.25) is 4.79 Å². The van der Waals surface area contributed by atoms with Crippen LogP contribution in [0.1, 0.15) is 36.0 Å². The topological polar surface area (TPSA) is 55.1 Å². The van der Waals surface area contributed by atoms with Gasteiger partial charge in [-0.1, -0.05) is 17.7 Å². The molecule has 1 amide bonds. The molecule has 1 heterocycles. The monoisotopic (exact) mass is 232 g/mol. The van der Waals surface area contributed by atoms with E-state index in [0.29, 0.717) is 6.42 Å². The highest BCUT2D eigenvalue weighted by atomic mass is 16.1. The molecule has 3 nitrogen and oxygen atoms in total. The van der Waals surface area contributed by atoms with Crippen molar-refractivity contribution in [1.82, 2.24) is 0 Å². The van der Waals surface area contributed by atoms with Crippen LogP contribution in [0.2, 0.25) is 0 Å². The number of nitrogens with two attached hydrogens (primary N) is 1. The molecular weight excluding hydrogens is 212 g/mol. The second-order valence-electron chi connectivity index (χ2n) is 4.75. The van der Waals surface area contributed by atoms with Gasteiger partial charge < -0.3 is 11.1 Å². The lowest BCUT2D eigenvalue weighted by Crippen LogP contribution is -2.20. The highest BCUT2D eigenvalue weighted by molar-refractivity contribution is 5.94. The van der Waals surface area contributed by atoms with Crippen molar-refractivity contribution in [2.75, 3.05) is 11.9 Å². The van der Waals surface area contributed by atoms with Crippen LogP contribution >= 0.6 is 0 Å². The maximum Gasteiger partial charge on any atom is 0.224 e. The number of hydrogen-bond acceptors (Lipinski definition) is 2. The molecule has 1 aliphatic rings. The summed E-state index contributed by atoms with van der Waals surface area (Å²) in [5.41, 5.74) is 10.4. The van der Waals surface area contributed by atoms with Gasteiger partial charge in [0.25, 0.3) is 0 Å². The number of fused-ring (bicyclic) bond motifs is 1. The van der Waals surface area contributed by atoms with Crippen molar-refractivity contribution in [3.05, 3.63) is 28.8 Å². The molecule has 1 aromatic carbocycles. The average Bonchev–Trinajstić information content (AvgIpc) is 2.30. The first-order chi connectivity index (χ1) is 8.20. The third-order valence-electron chi connectivity index (χ3n) is 3.23. The molecule has 0 saturated heterocycles. The molecule has 0 fully saturated rings. The maximum absolute atomic E-state index is 11.5. The van der Waals surface area contributed by atoms with Crippen LogP contribution in [0.5, 0.6) is 0 Å². The van der Waals surface area contributed by atoms with Crippen molar-refractivity contribution in [2.45, 2.75) is 39.0 Å². The number of carbonyl (C=O) groups excluding carboxylic acids is 1. The lowest BCUT2D eigenvalue weighted by Gasteiger charge is -2.21. The van der Waals surface area contributed by atoms with Gasteiger partial charge in [0, 0.05) is 12.1 Å². The Hall–Kier alpha value is -1.35. The van der Waals surface area contributed by atoms with Crippen molar-refractivity contribution in [2.24, 2.45) is 5.73 Å². The zero-order valence-electron chi connectivity index (χ0n) is 10.4. The van der Waals surface area contributed by atoms with Crippen LogP contribution < -0.4 is 11.1 Å². The van der Waals surface area contributed by atoms with Crippen LogP contribution in [0.4, 0.5) is 5.69 Å². The molecule has 0 saturated carbocycles. The molecular formula is C14H20N2O. The van der Waals surface area contributed by atoms with Gasteiger partial charge in [-0.15, -0.1) is 0 Å². The number of nitrogens with one attached hydrogen (secondary N) is 1. The lowest BCUT2D eigenvalue weighted by atomic mass is 9.94. The number of carbonyl (C=O) groups is 1. The van der Waals surface area contributed by atoms with E-state index in [1.165, 1.54) is 16.7 Å². The van der Waals surface area contributed by atoms with E-state index in [-0.39, 0.29) is 5.91 Å². The minimum atomic E-state index is 0.140. The van der Waals surface area contributed by atoms with Crippen LogP contribution in [-0.4, -0.2) is 12.5 Å². The SMILES string of the molecule is Cc1cc(CCCCN)c2c(c1)CCC(=O)N2. The standard InChI is InChI=1S/C14H20N2O/c1-10-8-11(4-2-3-7-15)14-12(9-10)5-6-13(17)16-14/h8-9H,2-7,15H2,1H3,(H,16,17). The maximum atomic E-state index is 11.5. The molecule has 0 unspecified atom stereocenters. The predicted octanol–water partition coefficient (Wildman–Crippen LogP) is 2.16. The number of rotatable bonds is 4. The quantitative estimate of drug-likeness (QED) is 0.782. The Morgan fingerprint density at radius 2 is 2.12 bits per heavy atom. The van der Waals surface area contributed by atoms with Crippen LogP contribution in [0.25, 0.3) is 0 Å². The van der Waals surface area contributed by atoms with Gasteiger partial charge in [0.15, 0.2) is 0 Å². The van der Waals surface area contributed by atoms with Gasteiger partial charge in [0.1, 0.15) is 0 Å². The molecule has 3 N–H and O–H groups in total. The summed E-state index contributed by atoms with van der Waals surface area (Å²) in [4.78, 5) is 11.5. The second kappa shape index (κ2) is 5.32. The van der Waals surface area contributed by atoms with E-state index < -0.39 is 0 Å². The second-order valence-corrected chi connectivity index (χ2v) is 4.75. The Labute approximate surface area is 102 Å². The first kappa shape index (κ1) is 12.1. The number of unbranched alkanes of at least 4 members (excludes halogenated alkanes) is 1.